The van der Waals surface area contributed by atoms with Crippen LogP contribution in [-0.4, -0.2) is 59.4 Å². The van der Waals surface area contributed by atoms with Crippen molar-refractivity contribution in [2.75, 3.05) is 42.9 Å². The van der Waals surface area contributed by atoms with Crippen LogP contribution in [0.2, 0.25) is 0 Å². The van der Waals surface area contributed by atoms with Crippen molar-refractivity contribution in [3.05, 3.63) is 12.4 Å². The lowest BCUT2D eigenvalue weighted by atomic mass is 10.1. The van der Waals surface area contributed by atoms with Crippen LogP contribution in [0.3, 0.4) is 0 Å². The minimum atomic E-state index is -2.58. The Morgan fingerprint density at radius 3 is 2.46 bits per heavy atom. The van der Waals surface area contributed by atoms with Crippen LogP contribution >= 0.6 is 0 Å². The van der Waals surface area contributed by atoms with E-state index in [1.54, 1.807) is 11.0 Å². The maximum absolute atomic E-state index is 13.2. The van der Waals surface area contributed by atoms with E-state index in [1.165, 1.54) is 6.33 Å². The van der Waals surface area contributed by atoms with Crippen LogP contribution in [0.4, 0.5) is 20.4 Å². The summed E-state index contributed by atoms with van der Waals surface area (Å²) in [6.45, 7) is 6.37. The van der Waals surface area contributed by atoms with E-state index in [9.17, 15) is 13.6 Å². The Kier molecular flexibility index (Phi) is 6.28. The molecule has 0 atom stereocenters. The molecular weight excluding hydrogens is 316 g/mol. The SMILES string of the molecule is CC.O=C(CNc1cc(N2CCC(F)(F)CC2)ncn1)N1CCC1. The monoisotopic (exact) mass is 341 g/mol. The Morgan fingerprint density at radius 2 is 1.88 bits per heavy atom. The van der Waals surface area contributed by atoms with E-state index in [2.05, 4.69) is 15.3 Å². The van der Waals surface area contributed by atoms with Gasteiger partial charge in [-0.3, -0.25) is 4.79 Å². The molecule has 8 heteroatoms. The molecule has 0 radical (unpaired) electrons. The lowest BCUT2D eigenvalue weighted by Crippen LogP contribution is -2.44. The van der Waals surface area contributed by atoms with E-state index in [4.69, 9.17) is 0 Å². The van der Waals surface area contributed by atoms with Gasteiger partial charge in [0.1, 0.15) is 18.0 Å². The van der Waals surface area contributed by atoms with Gasteiger partial charge in [0.25, 0.3) is 5.92 Å². The third kappa shape index (κ3) is 4.75. The number of rotatable bonds is 4. The average molecular weight is 341 g/mol. The number of nitrogens with zero attached hydrogens (tertiary/aromatic N) is 4. The van der Waals surface area contributed by atoms with E-state index < -0.39 is 5.92 Å². The van der Waals surface area contributed by atoms with E-state index in [0.717, 1.165) is 19.5 Å². The maximum Gasteiger partial charge on any atom is 0.251 e. The van der Waals surface area contributed by atoms with Gasteiger partial charge < -0.3 is 15.1 Å². The normalized spacial score (nSPS) is 19.0. The fourth-order valence-corrected chi connectivity index (χ4v) is 2.52. The predicted octanol–water partition coefficient (Wildman–Crippen LogP) is 2.38. The molecule has 24 heavy (non-hydrogen) atoms. The van der Waals surface area contributed by atoms with Gasteiger partial charge in [-0.15, -0.1) is 0 Å². The molecule has 1 aromatic rings. The zero-order chi connectivity index (χ0) is 17.6. The van der Waals surface area contributed by atoms with Crippen molar-refractivity contribution in [3.8, 4) is 0 Å². The number of anilines is 2. The number of carbonyl (C=O) groups is 1. The summed E-state index contributed by atoms with van der Waals surface area (Å²) in [5.74, 6) is -1.38. The minimum Gasteiger partial charge on any atom is -0.361 e. The molecule has 3 rings (SSSR count). The molecule has 0 saturated carbocycles. The summed E-state index contributed by atoms with van der Waals surface area (Å²) < 4.78 is 26.4. The number of likely N-dealkylation sites (tertiary alicyclic amines) is 1. The van der Waals surface area contributed by atoms with Gasteiger partial charge in [0.2, 0.25) is 5.91 Å². The van der Waals surface area contributed by atoms with Crippen LogP contribution in [0.15, 0.2) is 12.4 Å². The molecule has 1 amide bonds. The van der Waals surface area contributed by atoms with Crippen molar-refractivity contribution < 1.29 is 13.6 Å². The largest absolute Gasteiger partial charge is 0.361 e. The van der Waals surface area contributed by atoms with Gasteiger partial charge in [-0.1, -0.05) is 13.8 Å². The lowest BCUT2D eigenvalue weighted by molar-refractivity contribution is -0.132. The summed E-state index contributed by atoms with van der Waals surface area (Å²) in [6.07, 6.45) is 2.13. The fourth-order valence-electron chi connectivity index (χ4n) is 2.52. The molecule has 2 aliphatic heterocycles. The first-order valence-electron chi connectivity index (χ1n) is 8.50. The molecule has 2 fully saturated rings. The fraction of sp³-hybridized carbons (Fsp3) is 0.688. The Hall–Kier alpha value is -1.99. The molecule has 0 unspecified atom stereocenters. The molecule has 2 aliphatic rings. The number of piperidine rings is 1. The number of amides is 1. The molecule has 3 heterocycles. The second-order valence-electron chi connectivity index (χ2n) is 5.69. The molecule has 0 bridgehead atoms. The zero-order valence-corrected chi connectivity index (χ0v) is 14.3. The Morgan fingerprint density at radius 1 is 1.21 bits per heavy atom. The van der Waals surface area contributed by atoms with Crippen molar-refractivity contribution in [2.45, 2.75) is 39.0 Å². The van der Waals surface area contributed by atoms with Crippen LogP contribution < -0.4 is 10.2 Å². The second-order valence-corrected chi connectivity index (χ2v) is 5.69. The van der Waals surface area contributed by atoms with Crippen molar-refractivity contribution in [2.24, 2.45) is 0 Å². The van der Waals surface area contributed by atoms with E-state index in [0.29, 0.717) is 11.6 Å². The van der Waals surface area contributed by atoms with Crippen molar-refractivity contribution in [1.82, 2.24) is 14.9 Å². The first-order valence-corrected chi connectivity index (χ1v) is 8.50. The highest BCUT2D eigenvalue weighted by Crippen LogP contribution is 2.29. The molecule has 0 spiro atoms. The molecule has 0 aliphatic carbocycles. The second kappa shape index (κ2) is 8.21. The first kappa shape index (κ1) is 18.4. The van der Waals surface area contributed by atoms with Gasteiger partial charge in [-0.05, 0) is 6.42 Å². The smallest absolute Gasteiger partial charge is 0.251 e. The number of halogens is 2. The lowest BCUT2D eigenvalue weighted by Gasteiger charge is -2.32. The molecule has 1 N–H and O–H groups in total. The number of aromatic nitrogens is 2. The van der Waals surface area contributed by atoms with Crippen molar-refractivity contribution in [1.29, 1.82) is 0 Å². The summed E-state index contributed by atoms with van der Waals surface area (Å²) in [6, 6.07) is 1.70. The van der Waals surface area contributed by atoms with E-state index >= 15 is 0 Å². The maximum atomic E-state index is 13.2. The highest BCUT2D eigenvalue weighted by atomic mass is 19.3. The quantitative estimate of drug-likeness (QED) is 0.911. The number of nitrogens with one attached hydrogen (secondary N) is 1. The van der Waals surface area contributed by atoms with Gasteiger partial charge in [0.15, 0.2) is 0 Å². The summed E-state index contributed by atoms with van der Waals surface area (Å²) in [4.78, 5) is 23.6. The first-order chi connectivity index (χ1) is 11.5. The van der Waals surface area contributed by atoms with E-state index in [1.807, 2.05) is 18.7 Å². The van der Waals surface area contributed by atoms with Crippen LogP contribution in [-0.2, 0) is 4.79 Å². The average Bonchev–Trinajstić information content (AvgIpc) is 2.53. The molecule has 2 saturated heterocycles. The van der Waals surface area contributed by atoms with Crippen molar-refractivity contribution >= 4 is 17.5 Å². The zero-order valence-electron chi connectivity index (χ0n) is 14.3. The predicted molar refractivity (Wildman–Crippen MR) is 89.5 cm³/mol. The molecule has 1 aromatic heterocycles. The molecular formula is C16H25F2N5O. The summed E-state index contributed by atoms with van der Waals surface area (Å²) >= 11 is 0. The van der Waals surface area contributed by atoms with Crippen molar-refractivity contribution in [3.63, 3.8) is 0 Å². The minimum absolute atomic E-state index is 0.0454. The van der Waals surface area contributed by atoms with Crippen LogP contribution in [0, 0.1) is 0 Å². The molecule has 0 aromatic carbocycles. The molecule has 134 valence electrons. The molecule has 6 nitrogen and oxygen atoms in total. The topological polar surface area (TPSA) is 61.4 Å². The number of hydrogen-bond acceptors (Lipinski definition) is 5. The van der Waals surface area contributed by atoms with Gasteiger partial charge in [0, 0.05) is 45.1 Å². The van der Waals surface area contributed by atoms with Crippen LogP contribution in [0.5, 0.6) is 0 Å². The van der Waals surface area contributed by atoms with Gasteiger partial charge in [-0.2, -0.15) is 0 Å². The van der Waals surface area contributed by atoms with Gasteiger partial charge in [-0.25, -0.2) is 18.7 Å². The Labute approximate surface area is 141 Å². The Bertz CT molecular complexity index is 541. The van der Waals surface area contributed by atoms with Crippen LogP contribution in [0.1, 0.15) is 33.1 Å². The summed E-state index contributed by atoms with van der Waals surface area (Å²) in [5, 5.41) is 2.97. The third-order valence-corrected chi connectivity index (χ3v) is 4.10. The summed E-state index contributed by atoms with van der Waals surface area (Å²) in [7, 11) is 0. The standard InChI is InChI=1S/C14H19F2N5O.C2H6/c15-14(16)2-6-20(7-3-14)12-8-11(18-10-19-12)17-9-13(22)21-4-1-5-21;1-2/h8,10H,1-7,9H2,(H,17,18,19);1-2H3. The van der Waals surface area contributed by atoms with Gasteiger partial charge >= 0.3 is 0 Å². The highest BCUT2D eigenvalue weighted by molar-refractivity contribution is 5.81. The number of hydrogen-bond donors (Lipinski definition) is 1. The van der Waals surface area contributed by atoms with Crippen LogP contribution in [0.25, 0.3) is 0 Å². The van der Waals surface area contributed by atoms with Gasteiger partial charge in [0.05, 0.1) is 6.54 Å². The number of alkyl halides is 2. The number of carbonyl (C=O) groups excluding carboxylic acids is 1. The highest BCUT2D eigenvalue weighted by Gasteiger charge is 2.34. The Balaban J connectivity index is 0.00000100. The van der Waals surface area contributed by atoms with E-state index in [-0.39, 0.29) is 38.4 Å². The third-order valence-electron chi connectivity index (χ3n) is 4.10. The summed E-state index contributed by atoms with van der Waals surface area (Å²) in [5.41, 5.74) is 0.